The molecule has 1 aromatic heterocycles. The molecule has 1 aromatic carbocycles. The Balaban J connectivity index is 1.95. The zero-order chi connectivity index (χ0) is 14.5. The van der Waals surface area contributed by atoms with Crippen LogP contribution >= 0.6 is 11.3 Å². The van der Waals surface area contributed by atoms with Gasteiger partial charge in [0.15, 0.2) is 0 Å². The maximum Gasteiger partial charge on any atom is 0.226 e. The number of anilines is 1. The summed E-state index contributed by atoms with van der Waals surface area (Å²) in [5.74, 6) is -0.00117. The van der Waals surface area contributed by atoms with Gasteiger partial charge in [0, 0.05) is 12.8 Å². The average molecular weight is 293 g/mol. The van der Waals surface area contributed by atoms with Gasteiger partial charge in [0.25, 0.3) is 0 Å². The molecule has 1 heterocycles. The summed E-state index contributed by atoms with van der Waals surface area (Å²) in [5.41, 5.74) is 0.961. The van der Waals surface area contributed by atoms with Crippen LogP contribution in [0.15, 0.2) is 24.3 Å². The number of hydrogen-bond acceptors (Lipinski definition) is 4. The van der Waals surface area contributed by atoms with Crippen molar-refractivity contribution in [2.45, 2.75) is 26.7 Å². The normalized spacial score (nSPS) is 10.8. The van der Waals surface area contributed by atoms with Crippen LogP contribution in [0.4, 0.5) is 9.52 Å². The molecule has 0 fully saturated rings. The van der Waals surface area contributed by atoms with Crippen LogP contribution in [0.1, 0.15) is 30.8 Å². The van der Waals surface area contributed by atoms with Gasteiger partial charge in [-0.3, -0.25) is 4.79 Å². The zero-order valence-electron chi connectivity index (χ0n) is 11.4. The second-order valence-corrected chi connectivity index (χ2v) is 6.01. The number of carbonyl (C=O) groups excluding carboxylic acids is 1. The van der Waals surface area contributed by atoms with E-state index in [1.165, 1.54) is 23.5 Å². The highest BCUT2D eigenvalue weighted by molar-refractivity contribution is 7.15. The molecule has 2 aromatic rings. The molecule has 0 unspecified atom stereocenters. The van der Waals surface area contributed by atoms with Crippen molar-refractivity contribution in [1.29, 1.82) is 0 Å². The lowest BCUT2D eigenvalue weighted by Gasteiger charge is -2.02. The third kappa shape index (κ3) is 4.38. The van der Waals surface area contributed by atoms with Gasteiger partial charge in [-0.25, -0.2) is 4.39 Å². The van der Waals surface area contributed by atoms with Crippen LogP contribution in [0.25, 0.3) is 0 Å². The van der Waals surface area contributed by atoms with Gasteiger partial charge in [-0.15, -0.1) is 10.2 Å². The monoisotopic (exact) mass is 293 g/mol. The van der Waals surface area contributed by atoms with E-state index in [0.29, 0.717) is 23.9 Å². The van der Waals surface area contributed by atoms with Gasteiger partial charge in [-0.1, -0.05) is 37.3 Å². The van der Waals surface area contributed by atoms with E-state index in [4.69, 9.17) is 0 Å². The first-order valence-corrected chi connectivity index (χ1v) is 7.21. The number of nitrogens with one attached hydrogen (secondary N) is 1. The van der Waals surface area contributed by atoms with Crippen LogP contribution in [0.3, 0.4) is 0 Å². The molecule has 0 spiro atoms. The van der Waals surface area contributed by atoms with Crippen molar-refractivity contribution in [1.82, 2.24) is 10.2 Å². The largest absolute Gasteiger partial charge is 0.301 e. The molecule has 106 valence electrons. The molecule has 1 amide bonds. The summed E-state index contributed by atoms with van der Waals surface area (Å²) < 4.78 is 12.8. The van der Waals surface area contributed by atoms with Crippen LogP contribution in [-0.2, 0) is 11.2 Å². The van der Waals surface area contributed by atoms with Gasteiger partial charge >= 0.3 is 0 Å². The zero-order valence-corrected chi connectivity index (χ0v) is 12.2. The van der Waals surface area contributed by atoms with E-state index in [1.807, 2.05) is 13.8 Å². The highest BCUT2D eigenvalue weighted by atomic mass is 32.1. The minimum absolute atomic E-state index is 0.0514. The molecule has 0 saturated carbocycles. The Morgan fingerprint density at radius 1 is 1.30 bits per heavy atom. The first kappa shape index (κ1) is 14.6. The summed E-state index contributed by atoms with van der Waals surface area (Å²) in [7, 11) is 0. The van der Waals surface area contributed by atoms with Crippen molar-refractivity contribution in [3.8, 4) is 0 Å². The lowest BCUT2D eigenvalue weighted by atomic mass is 10.1. The van der Waals surface area contributed by atoms with E-state index < -0.39 is 0 Å². The smallest absolute Gasteiger partial charge is 0.226 e. The number of benzene rings is 1. The van der Waals surface area contributed by atoms with Crippen molar-refractivity contribution >= 4 is 22.4 Å². The van der Waals surface area contributed by atoms with Gasteiger partial charge in [0.2, 0.25) is 11.0 Å². The average Bonchev–Trinajstić information content (AvgIpc) is 2.78. The summed E-state index contributed by atoms with van der Waals surface area (Å²) in [6, 6.07) is 6.27. The van der Waals surface area contributed by atoms with Crippen LogP contribution in [-0.4, -0.2) is 16.1 Å². The second kappa shape index (κ2) is 6.56. The molecular weight excluding hydrogens is 277 g/mol. The minimum Gasteiger partial charge on any atom is -0.301 e. The van der Waals surface area contributed by atoms with Gasteiger partial charge in [-0.05, 0) is 23.6 Å². The Kier molecular flexibility index (Phi) is 4.79. The molecule has 0 radical (unpaired) electrons. The Hall–Kier alpha value is -1.82. The minimum atomic E-state index is -0.257. The standard InChI is InChI=1S/C14H16FN3OS/c1-9(2)7-12(19)16-14-18-17-13(20-14)8-10-3-5-11(15)6-4-10/h3-6,9H,7-8H2,1-2H3,(H,16,18,19). The Morgan fingerprint density at radius 3 is 2.65 bits per heavy atom. The summed E-state index contributed by atoms with van der Waals surface area (Å²) in [4.78, 5) is 11.6. The van der Waals surface area contributed by atoms with Crippen LogP contribution in [0, 0.1) is 11.7 Å². The molecular formula is C14H16FN3OS. The number of nitrogens with zero attached hydrogens (tertiary/aromatic N) is 2. The van der Waals surface area contributed by atoms with E-state index in [9.17, 15) is 9.18 Å². The number of aromatic nitrogens is 2. The Morgan fingerprint density at radius 2 is 2.00 bits per heavy atom. The summed E-state index contributed by atoms with van der Waals surface area (Å²) in [6.45, 7) is 3.97. The SMILES string of the molecule is CC(C)CC(=O)Nc1nnc(Cc2ccc(F)cc2)s1. The van der Waals surface area contributed by atoms with Crippen molar-refractivity contribution in [3.05, 3.63) is 40.7 Å². The molecule has 0 aliphatic rings. The first-order valence-electron chi connectivity index (χ1n) is 6.39. The Bertz CT molecular complexity index is 580. The van der Waals surface area contributed by atoms with E-state index in [1.54, 1.807) is 12.1 Å². The van der Waals surface area contributed by atoms with E-state index in [2.05, 4.69) is 15.5 Å². The maximum atomic E-state index is 12.8. The Labute approximate surface area is 121 Å². The molecule has 0 aliphatic carbocycles. The second-order valence-electron chi connectivity index (χ2n) is 4.95. The van der Waals surface area contributed by atoms with Crippen LogP contribution in [0.5, 0.6) is 0 Å². The molecule has 4 nitrogen and oxygen atoms in total. The molecule has 20 heavy (non-hydrogen) atoms. The van der Waals surface area contributed by atoms with Crippen molar-refractivity contribution in [2.24, 2.45) is 5.92 Å². The molecule has 0 aliphatic heterocycles. The van der Waals surface area contributed by atoms with E-state index in [0.717, 1.165) is 10.6 Å². The number of rotatable bonds is 5. The van der Waals surface area contributed by atoms with Crippen LogP contribution in [0.2, 0.25) is 0 Å². The first-order chi connectivity index (χ1) is 9.52. The van der Waals surface area contributed by atoms with E-state index >= 15 is 0 Å². The molecule has 0 bridgehead atoms. The molecule has 0 atom stereocenters. The van der Waals surface area contributed by atoms with Crippen molar-refractivity contribution in [3.63, 3.8) is 0 Å². The van der Waals surface area contributed by atoms with Crippen molar-refractivity contribution in [2.75, 3.05) is 5.32 Å². The fourth-order valence-corrected chi connectivity index (χ4v) is 2.48. The predicted octanol–water partition coefficient (Wildman–Crippen LogP) is 3.25. The summed E-state index contributed by atoms with van der Waals surface area (Å²) >= 11 is 1.34. The summed E-state index contributed by atoms with van der Waals surface area (Å²) in [6.07, 6.45) is 1.05. The molecule has 6 heteroatoms. The highest BCUT2D eigenvalue weighted by Crippen LogP contribution is 2.19. The number of halogens is 1. The lowest BCUT2D eigenvalue weighted by Crippen LogP contribution is -2.13. The quantitative estimate of drug-likeness (QED) is 0.920. The fraction of sp³-hybridized carbons (Fsp3) is 0.357. The number of carbonyl (C=O) groups is 1. The predicted molar refractivity (Wildman–Crippen MR) is 77.2 cm³/mol. The summed E-state index contributed by atoms with van der Waals surface area (Å²) in [5, 5.41) is 12.0. The maximum absolute atomic E-state index is 12.8. The molecule has 1 N–H and O–H groups in total. The fourth-order valence-electron chi connectivity index (χ4n) is 1.69. The third-order valence-corrected chi connectivity index (χ3v) is 3.41. The lowest BCUT2D eigenvalue weighted by molar-refractivity contribution is -0.116. The van der Waals surface area contributed by atoms with Crippen LogP contribution < -0.4 is 5.32 Å². The van der Waals surface area contributed by atoms with Gasteiger partial charge in [-0.2, -0.15) is 0 Å². The van der Waals surface area contributed by atoms with E-state index in [-0.39, 0.29) is 11.7 Å². The number of amides is 1. The van der Waals surface area contributed by atoms with Crippen molar-refractivity contribution < 1.29 is 9.18 Å². The highest BCUT2D eigenvalue weighted by Gasteiger charge is 2.10. The number of hydrogen-bond donors (Lipinski definition) is 1. The van der Waals surface area contributed by atoms with Gasteiger partial charge in [0.1, 0.15) is 10.8 Å². The molecule has 0 saturated heterocycles. The van der Waals surface area contributed by atoms with Gasteiger partial charge in [0.05, 0.1) is 0 Å². The third-order valence-electron chi connectivity index (χ3n) is 2.58. The van der Waals surface area contributed by atoms with Gasteiger partial charge < -0.3 is 5.32 Å². The topological polar surface area (TPSA) is 54.9 Å². The molecule has 2 rings (SSSR count).